The van der Waals surface area contributed by atoms with Crippen molar-refractivity contribution in [1.82, 2.24) is 9.97 Å². The molecule has 1 aromatic carbocycles. The molecule has 0 bridgehead atoms. The first kappa shape index (κ1) is 21.5. The van der Waals surface area contributed by atoms with Crippen LogP contribution in [0.4, 0.5) is 23.1 Å². The molecule has 0 aliphatic carbocycles. The molecule has 2 aliphatic heterocycles. The molecule has 11 heteroatoms. The van der Waals surface area contributed by atoms with Crippen molar-refractivity contribution in [2.45, 2.75) is 51.0 Å². The lowest BCUT2D eigenvalue weighted by Crippen LogP contribution is -2.43. The van der Waals surface area contributed by atoms with Gasteiger partial charge >= 0.3 is 0 Å². The van der Waals surface area contributed by atoms with Crippen LogP contribution in [0, 0.1) is 10.1 Å². The number of carbonyl (C=O) groups excluding carboxylic acids is 2. The normalized spacial score (nSPS) is 20.3. The highest BCUT2D eigenvalue weighted by atomic mass is 16.6. The number of aromatic nitrogens is 2. The van der Waals surface area contributed by atoms with Crippen LogP contribution >= 0.6 is 0 Å². The van der Waals surface area contributed by atoms with E-state index in [1.165, 1.54) is 24.3 Å². The van der Waals surface area contributed by atoms with Gasteiger partial charge in [-0.25, -0.2) is 0 Å². The summed E-state index contributed by atoms with van der Waals surface area (Å²) in [5.41, 5.74) is -0.372. The Bertz CT molecular complexity index is 1130. The van der Waals surface area contributed by atoms with E-state index in [-0.39, 0.29) is 35.2 Å². The monoisotopic (exact) mass is 440 g/mol. The molecule has 3 heterocycles. The standard InChI is InChI=1S/C21H24N6O5/c1-2-13-7-3-4-9-26(13)21-24-18-17(20(30)25-21)15(11-16(28)23-18)19(29)22-12-6-5-8-14(10-12)27(31)32/h5-6,8,10,13,15H,2-4,7,9,11H2,1H3,(H,22,29)(H2,23,24,25,28,30)/t13-,15+/m1/s1. The maximum absolute atomic E-state index is 13.0. The van der Waals surface area contributed by atoms with Crippen molar-refractivity contribution in [2.75, 3.05) is 22.1 Å². The van der Waals surface area contributed by atoms with E-state index < -0.39 is 28.2 Å². The number of aromatic amines is 1. The van der Waals surface area contributed by atoms with Crippen molar-refractivity contribution in [3.8, 4) is 0 Å². The highest BCUT2D eigenvalue weighted by Gasteiger charge is 2.36. The van der Waals surface area contributed by atoms with Gasteiger partial charge in [-0.2, -0.15) is 4.98 Å². The number of nitrogens with zero attached hydrogens (tertiary/aromatic N) is 3. The minimum Gasteiger partial charge on any atom is -0.339 e. The lowest BCUT2D eigenvalue weighted by Gasteiger charge is -2.36. The average molecular weight is 440 g/mol. The van der Waals surface area contributed by atoms with Crippen molar-refractivity contribution in [3.63, 3.8) is 0 Å². The quantitative estimate of drug-likeness (QED) is 0.477. The number of rotatable bonds is 5. The lowest BCUT2D eigenvalue weighted by atomic mass is 9.92. The fourth-order valence-corrected chi connectivity index (χ4v) is 4.35. The predicted molar refractivity (Wildman–Crippen MR) is 118 cm³/mol. The van der Waals surface area contributed by atoms with Crippen LogP contribution in [-0.4, -0.2) is 39.3 Å². The van der Waals surface area contributed by atoms with E-state index in [4.69, 9.17) is 0 Å². The number of non-ortho nitro benzene ring substituents is 1. The third-order valence-electron chi connectivity index (χ3n) is 5.95. The van der Waals surface area contributed by atoms with Crippen molar-refractivity contribution in [3.05, 3.63) is 50.3 Å². The molecule has 11 nitrogen and oxygen atoms in total. The fraction of sp³-hybridized carbons (Fsp3) is 0.429. The molecule has 2 aliphatic rings. The molecule has 32 heavy (non-hydrogen) atoms. The highest BCUT2D eigenvalue weighted by Crippen LogP contribution is 2.32. The van der Waals surface area contributed by atoms with Crippen molar-refractivity contribution in [1.29, 1.82) is 0 Å². The molecule has 0 unspecified atom stereocenters. The Morgan fingerprint density at radius 1 is 1.34 bits per heavy atom. The SMILES string of the molecule is CC[C@@H]1CCCCN1c1nc2c(c(=O)[nH]1)[C@@H](C(=O)Nc1cccc([N+](=O)[O-])c1)CC(=O)N2. The van der Waals surface area contributed by atoms with Crippen LogP contribution in [0.3, 0.4) is 0 Å². The largest absolute Gasteiger partial charge is 0.339 e. The summed E-state index contributed by atoms with van der Waals surface area (Å²) in [5.74, 6) is -1.62. The summed E-state index contributed by atoms with van der Waals surface area (Å²) < 4.78 is 0. The van der Waals surface area contributed by atoms with Crippen LogP contribution in [0.5, 0.6) is 0 Å². The number of hydrogen-bond acceptors (Lipinski definition) is 7. The molecular formula is C21H24N6O5. The smallest absolute Gasteiger partial charge is 0.271 e. The van der Waals surface area contributed by atoms with Crippen molar-refractivity contribution < 1.29 is 14.5 Å². The van der Waals surface area contributed by atoms with E-state index in [1.807, 2.05) is 4.90 Å². The third-order valence-corrected chi connectivity index (χ3v) is 5.95. The Morgan fingerprint density at radius 2 is 2.16 bits per heavy atom. The molecule has 1 fully saturated rings. The number of benzene rings is 1. The molecule has 0 saturated carbocycles. The second-order valence-corrected chi connectivity index (χ2v) is 8.00. The zero-order valence-electron chi connectivity index (χ0n) is 17.6. The number of piperidine rings is 1. The molecule has 1 saturated heterocycles. The van der Waals surface area contributed by atoms with Gasteiger partial charge < -0.3 is 15.5 Å². The first-order chi connectivity index (χ1) is 15.4. The Hall–Kier alpha value is -3.76. The second kappa shape index (κ2) is 8.77. The number of fused-ring (bicyclic) bond motifs is 1. The van der Waals surface area contributed by atoms with Gasteiger partial charge in [0.25, 0.3) is 11.2 Å². The molecular weight excluding hydrogens is 416 g/mol. The first-order valence-corrected chi connectivity index (χ1v) is 10.6. The van der Waals surface area contributed by atoms with E-state index in [0.717, 1.165) is 32.2 Å². The number of anilines is 3. The first-order valence-electron chi connectivity index (χ1n) is 10.6. The molecule has 3 N–H and O–H groups in total. The van der Waals surface area contributed by atoms with Crippen LogP contribution in [0.15, 0.2) is 29.1 Å². The Kier molecular flexibility index (Phi) is 5.89. The predicted octanol–water partition coefficient (Wildman–Crippen LogP) is 2.51. The zero-order valence-corrected chi connectivity index (χ0v) is 17.6. The van der Waals surface area contributed by atoms with E-state index >= 15 is 0 Å². The fourth-order valence-electron chi connectivity index (χ4n) is 4.35. The van der Waals surface area contributed by atoms with E-state index in [9.17, 15) is 24.5 Å². The summed E-state index contributed by atoms with van der Waals surface area (Å²) in [4.78, 5) is 58.0. The maximum Gasteiger partial charge on any atom is 0.271 e. The topological polar surface area (TPSA) is 150 Å². The molecule has 0 spiro atoms. The van der Waals surface area contributed by atoms with E-state index in [0.29, 0.717) is 5.95 Å². The van der Waals surface area contributed by atoms with Crippen molar-refractivity contribution in [2.24, 2.45) is 0 Å². The maximum atomic E-state index is 13.0. The van der Waals surface area contributed by atoms with Gasteiger partial charge in [0.05, 0.1) is 16.4 Å². The van der Waals surface area contributed by atoms with Gasteiger partial charge in [0.2, 0.25) is 17.8 Å². The Balaban J connectivity index is 1.65. The van der Waals surface area contributed by atoms with Gasteiger partial charge in [0, 0.05) is 36.8 Å². The summed E-state index contributed by atoms with van der Waals surface area (Å²) in [6.07, 6.45) is 3.77. The summed E-state index contributed by atoms with van der Waals surface area (Å²) in [7, 11) is 0. The van der Waals surface area contributed by atoms with Gasteiger partial charge in [-0.05, 0) is 31.7 Å². The number of amides is 2. The highest BCUT2D eigenvalue weighted by molar-refractivity contribution is 6.04. The summed E-state index contributed by atoms with van der Waals surface area (Å²) in [6, 6.07) is 5.71. The van der Waals surface area contributed by atoms with Gasteiger partial charge in [0.1, 0.15) is 5.82 Å². The number of hydrogen-bond donors (Lipinski definition) is 3. The summed E-state index contributed by atoms with van der Waals surface area (Å²) in [6.45, 7) is 2.83. The Morgan fingerprint density at radius 3 is 2.91 bits per heavy atom. The van der Waals surface area contributed by atoms with Crippen LogP contribution in [0.1, 0.15) is 50.5 Å². The number of nitro groups is 1. The van der Waals surface area contributed by atoms with Gasteiger partial charge in [0.15, 0.2) is 0 Å². The van der Waals surface area contributed by atoms with Crippen LogP contribution in [-0.2, 0) is 9.59 Å². The second-order valence-electron chi connectivity index (χ2n) is 8.00. The zero-order chi connectivity index (χ0) is 22.8. The lowest BCUT2D eigenvalue weighted by molar-refractivity contribution is -0.384. The average Bonchev–Trinajstić information content (AvgIpc) is 2.78. The molecule has 0 radical (unpaired) electrons. The van der Waals surface area contributed by atoms with Gasteiger partial charge in [-0.3, -0.25) is 29.5 Å². The van der Waals surface area contributed by atoms with Gasteiger partial charge in [-0.15, -0.1) is 0 Å². The summed E-state index contributed by atoms with van der Waals surface area (Å²) in [5, 5.41) is 16.2. The third kappa shape index (κ3) is 4.18. The number of nitro benzene ring substituents is 1. The minimum atomic E-state index is -1.06. The van der Waals surface area contributed by atoms with E-state index in [1.54, 1.807) is 0 Å². The molecule has 168 valence electrons. The molecule has 4 rings (SSSR count). The number of carbonyl (C=O) groups is 2. The van der Waals surface area contributed by atoms with Crippen molar-refractivity contribution >= 4 is 35.0 Å². The van der Waals surface area contributed by atoms with Crippen LogP contribution in [0.25, 0.3) is 0 Å². The molecule has 2 aromatic rings. The Labute approximate surface area is 183 Å². The number of nitrogens with one attached hydrogen (secondary N) is 3. The molecule has 2 atom stereocenters. The van der Waals surface area contributed by atoms with Crippen LogP contribution < -0.4 is 21.1 Å². The summed E-state index contributed by atoms with van der Waals surface area (Å²) >= 11 is 0. The molecule has 1 aromatic heterocycles. The number of H-pyrrole nitrogens is 1. The molecule has 2 amide bonds. The minimum absolute atomic E-state index is 0.0830. The van der Waals surface area contributed by atoms with Gasteiger partial charge in [-0.1, -0.05) is 13.0 Å². The van der Waals surface area contributed by atoms with E-state index in [2.05, 4.69) is 27.5 Å². The van der Waals surface area contributed by atoms with Crippen LogP contribution in [0.2, 0.25) is 0 Å².